The van der Waals surface area contributed by atoms with Crippen LogP contribution in [0.2, 0.25) is 0 Å². The van der Waals surface area contributed by atoms with Crippen LogP contribution in [0.3, 0.4) is 0 Å². The number of aromatic amines is 1. The summed E-state index contributed by atoms with van der Waals surface area (Å²) in [5.41, 5.74) is 6.83. The first-order valence-corrected chi connectivity index (χ1v) is 9.67. The number of unbranched alkanes of at least 4 members (excludes halogenated alkanes) is 1. The van der Waals surface area contributed by atoms with Crippen molar-refractivity contribution < 1.29 is 9.47 Å². The van der Waals surface area contributed by atoms with Gasteiger partial charge >= 0.3 is 11.7 Å². The fourth-order valence-corrected chi connectivity index (χ4v) is 3.54. The number of nitrogens with one attached hydrogen (secondary N) is 1. The highest BCUT2D eigenvalue weighted by Gasteiger charge is 2.21. The minimum absolute atomic E-state index is 0.194. The molecule has 0 bridgehead atoms. The van der Waals surface area contributed by atoms with E-state index in [0.717, 1.165) is 51.2 Å². The number of nitrogens with two attached hydrogens (primary N) is 1. The molecule has 8 nitrogen and oxygen atoms in total. The van der Waals surface area contributed by atoms with Gasteiger partial charge in [0.15, 0.2) is 11.5 Å². The third-order valence-corrected chi connectivity index (χ3v) is 5.35. The van der Waals surface area contributed by atoms with E-state index in [-0.39, 0.29) is 17.5 Å². The van der Waals surface area contributed by atoms with E-state index in [0.29, 0.717) is 30.2 Å². The molecule has 26 heavy (non-hydrogen) atoms. The molecule has 3 N–H and O–H groups in total. The predicted molar refractivity (Wildman–Crippen MR) is 98.2 cm³/mol. The Bertz CT molecular complexity index is 805. The van der Waals surface area contributed by atoms with Crippen molar-refractivity contribution in [3.8, 4) is 6.01 Å². The Kier molecular flexibility index (Phi) is 5.10. The summed E-state index contributed by atoms with van der Waals surface area (Å²) in [6.07, 6.45) is 7.88. The highest BCUT2D eigenvalue weighted by Crippen LogP contribution is 2.32. The molecule has 1 saturated heterocycles. The van der Waals surface area contributed by atoms with Crippen molar-refractivity contribution in [3.63, 3.8) is 0 Å². The summed E-state index contributed by atoms with van der Waals surface area (Å²) in [7, 11) is 0. The molecule has 1 aliphatic carbocycles. The van der Waals surface area contributed by atoms with Crippen molar-refractivity contribution in [3.05, 3.63) is 10.5 Å². The van der Waals surface area contributed by atoms with E-state index in [2.05, 4.69) is 15.0 Å². The van der Waals surface area contributed by atoms with Crippen LogP contribution >= 0.6 is 0 Å². The van der Waals surface area contributed by atoms with Crippen LogP contribution in [0.15, 0.2) is 4.79 Å². The zero-order chi connectivity index (χ0) is 17.9. The first-order chi connectivity index (χ1) is 12.7. The van der Waals surface area contributed by atoms with Gasteiger partial charge < -0.3 is 20.2 Å². The van der Waals surface area contributed by atoms with Crippen LogP contribution in [0.25, 0.3) is 11.2 Å². The van der Waals surface area contributed by atoms with Crippen molar-refractivity contribution in [2.45, 2.75) is 51.5 Å². The molecule has 3 heterocycles. The van der Waals surface area contributed by atoms with Crippen LogP contribution in [-0.4, -0.2) is 39.3 Å². The van der Waals surface area contributed by atoms with Gasteiger partial charge in [-0.2, -0.15) is 9.97 Å². The number of ether oxygens (including phenoxy) is 2. The molecule has 2 fully saturated rings. The predicted octanol–water partition coefficient (Wildman–Crippen LogP) is 2.09. The van der Waals surface area contributed by atoms with Gasteiger partial charge in [-0.1, -0.05) is 19.3 Å². The summed E-state index contributed by atoms with van der Waals surface area (Å²) in [5, 5.41) is 0. The van der Waals surface area contributed by atoms with Gasteiger partial charge in [-0.15, -0.1) is 0 Å². The lowest BCUT2D eigenvalue weighted by Crippen LogP contribution is -2.17. The van der Waals surface area contributed by atoms with Crippen molar-refractivity contribution >= 4 is 17.0 Å². The lowest BCUT2D eigenvalue weighted by Gasteiger charge is -2.08. The summed E-state index contributed by atoms with van der Waals surface area (Å²) in [4.78, 5) is 23.7. The molecule has 1 unspecified atom stereocenters. The summed E-state index contributed by atoms with van der Waals surface area (Å²) >= 11 is 0. The molecular weight excluding hydrogens is 334 g/mol. The zero-order valence-corrected chi connectivity index (χ0v) is 15.1. The van der Waals surface area contributed by atoms with Gasteiger partial charge in [0, 0.05) is 19.8 Å². The molecule has 142 valence electrons. The van der Waals surface area contributed by atoms with Gasteiger partial charge in [-0.05, 0) is 37.5 Å². The minimum Gasteiger partial charge on any atom is -0.463 e. The van der Waals surface area contributed by atoms with E-state index < -0.39 is 0 Å². The summed E-state index contributed by atoms with van der Waals surface area (Å²) in [5.74, 6) is 1.71. The third kappa shape index (κ3) is 4.00. The standard InChI is InChI=1S/C18H27N5O3/c19-15-14-16(22-17(21-15)26-10-7-12-4-5-12)23(18(24)20-14)8-2-1-3-13-6-9-25-11-13/h12-13H,1-11H2,(H,20,24)(H2,19,21,22). The molecule has 1 aliphatic heterocycles. The number of anilines is 1. The minimum atomic E-state index is -0.194. The van der Waals surface area contributed by atoms with E-state index in [9.17, 15) is 4.79 Å². The van der Waals surface area contributed by atoms with Crippen LogP contribution in [0.4, 0.5) is 5.82 Å². The maximum atomic E-state index is 12.3. The number of hydrogen-bond donors (Lipinski definition) is 2. The SMILES string of the molecule is Nc1nc(OCCC2CC2)nc2c1[nH]c(=O)n2CCCCC1CCOC1. The average molecular weight is 361 g/mol. The summed E-state index contributed by atoms with van der Waals surface area (Å²) in [6.45, 7) is 2.96. The van der Waals surface area contributed by atoms with Crippen LogP contribution in [0.1, 0.15) is 44.9 Å². The highest BCUT2D eigenvalue weighted by atomic mass is 16.5. The molecule has 4 rings (SSSR count). The fourth-order valence-electron chi connectivity index (χ4n) is 3.54. The molecule has 2 aromatic rings. The fraction of sp³-hybridized carbons (Fsp3) is 0.722. The Morgan fingerprint density at radius 1 is 1.19 bits per heavy atom. The van der Waals surface area contributed by atoms with Crippen LogP contribution in [-0.2, 0) is 11.3 Å². The number of H-pyrrole nitrogens is 1. The Labute approximate surface area is 152 Å². The number of aromatic nitrogens is 4. The second-order valence-electron chi connectivity index (χ2n) is 7.48. The molecule has 2 aliphatic rings. The van der Waals surface area contributed by atoms with Gasteiger partial charge in [-0.25, -0.2) is 4.79 Å². The molecular formula is C18H27N5O3. The Balaban J connectivity index is 1.41. The lowest BCUT2D eigenvalue weighted by molar-refractivity contribution is 0.183. The van der Waals surface area contributed by atoms with Gasteiger partial charge in [0.1, 0.15) is 5.52 Å². The van der Waals surface area contributed by atoms with E-state index in [1.165, 1.54) is 12.8 Å². The number of fused-ring (bicyclic) bond motifs is 1. The van der Waals surface area contributed by atoms with Crippen molar-refractivity contribution in [2.75, 3.05) is 25.6 Å². The molecule has 0 amide bonds. The van der Waals surface area contributed by atoms with Gasteiger partial charge in [0.2, 0.25) is 0 Å². The Morgan fingerprint density at radius 2 is 2.08 bits per heavy atom. The molecule has 8 heteroatoms. The Morgan fingerprint density at radius 3 is 2.85 bits per heavy atom. The summed E-state index contributed by atoms with van der Waals surface area (Å²) < 4.78 is 12.7. The molecule has 0 aromatic carbocycles. The molecule has 0 radical (unpaired) electrons. The molecule has 2 aromatic heterocycles. The normalized spacial score (nSPS) is 20.1. The smallest absolute Gasteiger partial charge is 0.327 e. The van der Waals surface area contributed by atoms with Crippen LogP contribution in [0, 0.1) is 11.8 Å². The number of aryl methyl sites for hydroxylation is 1. The number of hydrogen-bond acceptors (Lipinski definition) is 6. The highest BCUT2D eigenvalue weighted by molar-refractivity contribution is 5.81. The van der Waals surface area contributed by atoms with E-state index in [1.807, 2.05) is 0 Å². The first-order valence-electron chi connectivity index (χ1n) is 9.67. The average Bonchev–Trinajstić information content (AvgIpc) is 3.18. The topological polar surface area (TPSA) is 108 Å². The largest absolute Gasteiger partial charge is 0.463 e. The second-order valence-corrected chi connectivity index (χ2v) is 7.48. The monoisotopic (exact) mass is 361 g/mol. The van der Waals surface area contributed by atoms with Crippen molar-refractivity contribution in [1.82, 2.24) is 19.5 Å². The third-order valence-electron chi connectivity index (χ3n) is 5.35. The zero-order valence-electron chi connectivity index (χ0n) is 15.1. The quantitative estimate of drug-likeness (QED) is 0.662. The number of imidazole rings is 1. The summed E-state index contributed by atoms with van der Waals surface area (Å²) in [6, 6.07) is 0.256. The molecule has 0 spiro atoms. The van der Waals surface area contributed by atoms with Crippen molar-refractivity contribution in [2.24, 2.45) is 11.8 Å². The number of nitrogens with zero attached hydrogens (tertiary/aromatic N) is 3. The first kappa shape index (κ1) is 17.3. The Hall–Kier alpha value is -2.09. The molecule has 1 atom stereocenters. The van der Waals surface area contributed by atoms with E-state index >= 15 is 0 Å². The van der Waals surface area contributed by atoms with Gasteiger partial charge in [-0.3, -0.25) is 4.57 Å². The lowest BCUT2D eigenvalue weighted by atomic mass is 10.0. The molecule has 1 saturated carbocycles. The second kappa shape index (κ2) is 7.65. The van der Waals surface area contributed by atoms with Gasteiger partial charge in [0.05, 0.1) is 6.61 Å². The maximum Gasteiger partial charge on any atom is 0.327 e. The van der Waals surface area contributed by atoms with Crippen molar-refractivity contribution in [1.29, 1.82) is 0 Å². The van der Waals surface area contributed by atoms with E-state index in [1.54, 1.807) is 4.57 Å². The van der Waals surface area contributed by atoms with Gasteiger partial charge in [0.25, 0.3) is 0 Å². The van der Waals surface area contributed by atoms with Crippen LogP contribution < -0.4 is 16.2 Å². The maximum absolute atomic E-state index is 12.3. The number of rotatable bonds is 9. The van der Waals surface area contributed by atoms with Crippen LogP contribution in [0.5, 0.6) is 6.01 Å². The van der Waals surface area contributed by atoms with E-state index in [4.69, 9.17) is 15.2 Å². The number of nitrogen functional groups attached to an aromatic ring is 1.